The van der Waals surface area contributed by atoms with Crippen LogP contribution in [0.4, 0.5) is 5.69 Å². The molecule has 0 radical (unpaired) electrons. The molecule has 0 saturated heterocycles. The summed E-state index contributed by atoms with van der Waals surface area (Å²) in [4.78, 5) is 43.4. The number of hydrogen-bond acceptors (Lipinski definition) is 5. The van der Waals surface area contributed by atoms with E-state index in [2.05, 4.69) is 25.6 Å². The van der Waals surface area contributed by atoms with Gasteiger partial charge in [0.2, 0.25) is 5.91 Å². The van der Waals surface area contributed by atoms with E-state index in [0.717, 1.165) is 16.5 Å². The molecule has 10 heteroatoms. The Bertz CT molecular complexity index is 1200. The molecule has 3 aromatic rings. The van der Waals surface area contributed by atoms with Crippen LogP contribution >= 0.6 is 0 Å². The highest BCUT2D eigenvalue weighted by Gasteiger charge is 2.26. The van der Waals surface area contributed by atoms with E-state index in [1.54, 1.807) is 18.3 Å². The van der Waals surface area contributed by atoms with Crippen LogP contribution in [0.5, 0.6) is 0 Å². The summed E-state index contributed by atoms with van der Waals surface area (Å²) in [6, 6.07) is 11.9. The number of nitrogens with zero attached hydrogens (tertiary/aromatic N) is 3. The van der Waals surface area contributed by atoms with Crippen molar-refractivity contribution in [3.63, 3.8) is 0 Å². The van der Waals surface area contributed by atoms with E-state index in [1.807, 2.05) is 24.3 Å². The predicted molar refractivity (Wildman–Crippen MR) is 118 cm³/mol. The van der Waals surface area contributed by atoms with Crippen LogP contribution in [0.25, 0.3) is 21.3 Å². The minimum absolute atomic E-state index is 0.133. The number of rotatable bonds is 8. The van der Waals surface area contributed by atoms with Gasteiger partial charge in [-0.1, -0.05) is 41.5 Å². The quantitative estimate of drug-likeness (QED) is 0.216. The van der Waals surface area contributed by atoms with Gasteiger partial charge in [-0.3, -0.25) is 9.59 Å². The fraction of sp³-hybridized carbons (Fsp3) is 0.227. The topological polar surface area (TPSA) is 149 Å². The molecule has 0 spiro atoms. The van der Waals surface area contributed by atoms with E-state index < -0.39 is 29.9 Å². The lowest BCUT2D eigenvalue weighted by atomic mass is 10.0. The number of aromatic nitrogens is 1. The number of amides is 2. The fourth-order valence-corrected chi connectivity index (χ4v) is 3.29. The number of methoxy groups -OCH3 is 1. The largest absolute Gasteiger partial charge is 0.467 e. The fourth-order valence-electron chi connectivity index (χ4n) is 3.29. The van der Waals surface area contributed by atoms with Crippen LogP contribution in [-0.4, -0.2) is 42.0 Å². The first kappa shape index (κ1) is 22.4. The van der Waals surface area contributed by atoms with Crippen molar-refractivity contribution in [2.75, 3.05) is 7.11 Å². The van der Waals surface area contributed by atoms with E-state index in [0.29, 0.717) is 0 Å². The molecule has 2 atom stereocenters. The zero-order valence-electron chi connectivity index (χ0n) is 17.5. The third kappa shape index (κ3) is 5.05. The minimum Gasteiger partial charge on any atom is -0.467 e. The van der Waals surface area contributed by atoms with Gasteiger partial charge in [0.05, 0.1) is 12.8 Å². The summed E-state index contributed by atoms with van der Waals surface area (Å²) >= 11 is 0. The maximum Gasteiger partial charge on any atom is 0.328 e. The molecule has 1 aromatic heterocycles. The van der Waals surface area contributed by atoms with Gasteiger partial charge < -0.3 is 20.4 Å². The minimum atomic E-state index is -0.961. The van der Waals surface area contributed by atoms with Crippen molar-refractivity contribution in [1.82, 2.24) is 15.6 Å². The Kier molecular flexibility index (Phi) is 7.09. The highest BCUT2D eigenvalue weighted by atomic mass is 16.5. The van der Waals surface area contributed by atoms with Gasteiger partial charge in [0, 0.05) is 34.0 Å². The van der Waals surface area contributed by atoms with Crippen LogP contribution in [0.3, 0.4) is 0 Å². The van der Waals surface area contributed by atoms with Gasteiger partial charge >= 0.3 is 5.97 Å². The van der Waals surface area contributed by atoms with Gasteiger partial charge in [0.15, 0.2) is 0 Å². The number of azide groups is 1. The van der Waals surface area contributed by atoms with Crippen LogP contribution in [-0.2, 0) is 20.7 Å². The van der Waals surface area contributed by atoms with Crippen molar-refractivity contribution in [3.05, 3.63) is 76.3 Å². The van der Waals surface area contributed by atoms with Crippen LogP contribution < -0.4 is 10.6 Å². The molecule has 0 bridgehead atoms. The Hall–Kier alpha value is -4.30. The monoisotopic (exact) mass is 434 g/mol. The number of H-pyrrole nitrogens is 1. The second-order valence-electron chi connectivity index (χ2n) is 7.05. The number of nitrogens with one attached hydrogen (secondary N) is 3. The van der Waals surface area contributed by atoms with Gasteiger partial charge in [0.25, 0.3) is 5.91 Å². The van der Waals surface area contributed by atoms with E-state index in [4.69, 9.17) is 10.3 Å². The number of aromatic amines is 1. The second-order valence-corrected chi connectivity index (χ2v) is 7.05. The van der Waals surface area contributed by atoms with Crippen LogP contribution in [0.1, 0.15) is 22.8 Å². The van der Waals surface area contributed by atoms with E-state index in [-0.39, 0.29) is 17.7 Å². The number of hydrogen-bond donors (Lipinski definition) is 3. The molecule has 2 aromatic carbocycles. The molecule has 3 rings (SSSR count). The van der Waals surface area contributed by atoms with Gasteiger partial charge in [-0.2, -0.15) is 0 Å². The molecular formula is C22H22N6O4. The summed E-state index contributed by atoms with van der Waals surface area (Å²) in [6.45, 7) is 1.49. The highest BCUT2D eigenvalue weighted by Crippen LogP contribution is 2.20. The van der Waals surface area contributed by atoms with Gasteiger partial charge in [-0.05, 0) is 30.2 Å². The van der Waals surface area contributed by atoms with Crippen LogP contribution in [0.2, 0.25) is 0 Å². The number of carbonyl (C=O) groups is 3. The lowest BCUT2D eigenvalue weighted by Gasteiger charge is -2.20. The standard InChI is InChI=1S/C22H22N6O4/c1-13(25-21(30)16-8-4-6-10-18(16)27-28-23)20(29)26-19(22(31)32-2)11-14-12-24-17-9-5-3-7-15(14)17/h3-10,12-13,19,24H,11H2,1-2H3,(H,25,30)(H,26,29)/t13-,19-/m0/s1. The molecule has 0 aliphatic carbocycles. The van der Waals surface area contributed by atoms with Crippen LogP contribution in [0.15, 0.2) is 59.8 Å². The summed E-state index contributed by atoms with van der Waals surface area (Å²) in [5, 5.41) is 9.62. The number of ether oxygens (including phenoxy) is 1. The molecular weight excluding hydrogens is 412 g/mol. The Labute approximate surface area is 183 Å². The van der Waals surface area contributed by atoms with Gasteiger partial charge in [0.1, 0.15) is 12.1 Å². The molecule has 0 saturated carbocycles. The summed E-state index contributed by atoms with van der Waals surface area (Å²) in [5.41, 5.74) is 10.7. The smallest absolute Gasteiger partial charge is 0.328 e. The van der Waals surface area contributed by atoms with E-state index >= 15 is 0 Å². The van der Waals surface area contributed by atoms with Crippen molar-refractivity contribution >= 4 is 34.4 Å². The third-order valence-electron chi connectivity index (χ3n) is 4.94. The summed E-state index contributed by atoms with van der Waals surface area (Å²) in [7, 11) is 1.24. The van der Waals surface area contributed by atoms with Gasteiger partial charge in [-0.25, -0.2) is 4.79 Å². The molecule has 0 fully saturated rings. The number of para-hydroxylation sites is 1. The van der Waals surface area contributed by atoms with Crippen molar-refractivity contribution in [2.24, 2.45) is 5.11 Å². The first-order chi connectivity index (χ1) is 15.4. The predicted octanol–water partition coefficient (Wildman–Crippen LogP) is 3.13. The third-order valence-corrected chi connectivity index (χ3v) is 4.94. The first-order valence-electron chi connectivity index (χ1n) is 9.82. The molecule has 32 heavy (non-hydrogen) atoms. The Morgan fingerprint density at radius 1 is 1.12 bits per heavy atom. The number of fused-ring (bicyclic) bond motifs is 1. The maximum absolute atomic E-state index is 12.7. The number of benzene rings is 2. The van der Waals surface area contributed by atoms with Crippen molar-refractivity contribution < 1.29 is 19.1 Å². The lowest BCUT2D eigenvalue weighted by molar-refractivity contribution is -0.145. The number of carbonyl (C=O) groups excluding carboxylic acids is 3. The number of esters is 1. The first-order valence-corrected chi connectivity index (χ1v) is 9.82. The maximum atomic E-state index is 12.7. The molecule has 10 nitrogen and oxygen atoms in total. The average molecular weight is 434 g/mol. The highest BCUT2D eigenvalue weighted by molar-refractivity contribution is 6.01. The molecule has 3 N–H and O–H groups in total. The zero-order valence-corrected chi connectivity index (χ0v) is 17.5. The van der Waals surface area contributed by atoms with Crippen LogP contribution in [0, 0.1) is 0 Å². The summed E-state index contributed by atoms with van der Waals surface area (Å²) in [6.07, 6.45) is 1.99. The SMILES string of the molecule is COC(=O)[C@H](Cc1c[nH]c2ccccc12)NC(=O)[C@H](C)NC(=O)c1ccccc1N=[N+]=[N-]. The summed E-state index contributed by atoms with van der Waals surface area (Å²) < 4.78 is 4.85. The van der Waals surface area contributed by atoms with Crippen molar-refractivity contribution in [2.45, 2.75) is 25.4 Å². The lowest BCUT2D eigenvalue weighted by Crippen LogP contribution is -2.51. The summed E-state index contributed by atoms with van der Waals surface area (Å²) in [5.74, 6) is -1.74. The molecule has 1 heterocycles. The molecule has 2 amide bonds. The normalized spacial score (nSPS) is 12.3. The van der Waals surface area contributed by atoms with Gasteiger partial charge in [-0.15, -0.1) is 0 Å². The Morgan fingerprint density at radius 3 is 2.59 bits per heavy atom. The van der Waals surface area contributed by atoms with Crippen molar-refractivity contribution in [1.29, 1.82) is 0 Å². The average Bonchev–Trinajstić information content (AvgIpc) is 3.21. The Morgan fingerprint density at radius 2 is 1.84 bits per heavy atom. The molecule has 0 unspecified atom stereocenters. The second kappa shape index (κ2) is 10.1. The molecule has 164 valence electrons. The van der Waals surface area contributed by atoms with Crippen molar-refractivity contribution in [3.8, 4) is 0 Å². The zero-order chi connectivity index (χ0) is 23.1. The van der Waals surface area contributed by atoms with E-state index in [9.17, 15) is 14.4 Å². The molecule has 0 aliphatic heterocycles. The molecule has 0 aliphatic rings. The Balaban J connectivity index is 1.71. The van der Waals surface area contributed by atoms with E-state index in [1.165, 1.54) is 26.2 Å².